The molecule has 5 nitrogen and oxygen atoms in total. The van der Waals surface area contributed by atoms with Crippen molar-refractivity contribution >= 4 is 17.7 Å². The summed E-state index contributed by atoms with van der Waals surface area (Å²) in [6.07, 6.45) is 9.81. The number of hydrogen-bond donors (Lipinski definition) is 0. The van der Waals surface area contributed by atoms with Gasteiger partial charge < -0.3 is 9.47 Å². The Balaban J connectivity index is 0.00000420. The summed E-state index contributed by atoms with van der Waals surface area (Å²) in [4.78, 5) is 34.8. The van der Waals surface area contributed by atoms with E-state index < -0.39 is 0 Å². The molecule has 0 amide bonds. The quantitative estimate of drug-likeness (QED) is 0.301. The van der Waals surface area contributed by atoms with Crippen molar-refractivity contribution in [2.45, 2.75) is 124 Å². The van der Waals surface area contributed by atoms with Crippen LogP contribution < -0.4 is 0 Å². The molecule has 0 aromatic heterocycles. The van der Waals surface area contributed by atoms with E-state index in [-0.39, 0.29) is 42.4 Å². The fraction of sp³-hybridized carbons (Fsp3) is 0.875. The lowest BCUT2D eigenvalue weighted by Crippen LogP contribution is -2.29. The normalized spacial score (nSPS) is 22.2. The van der Waals surface area contributed by atoms with Gasteiger partial charge in [0.05, 0.1) is 0 Å². The molecule has 2 aliphatic heterocycles. The highest BCUT2D eigenvalue weighted by atomic mass is 16.6. The van der Waals surface area contributed by atoms with Crippen molar-refractivity contribution < 1.29 is 23.9 Å². The van der Waals surface area contributed by atoms with Crippen LogP contribution in [-0.2, 0) is 23.9 Å². The third kappa shape index (κ3) is 8.10. The maximum atomic E-state index is 12.2. The number of carbonyl (C=O) groups is 3. The largest absolute Gasteiger partial charge is 0.462 e. The third-order valence-electron chi connectivity index (χ3n) is 6.57. The van der Waals surface area contributed by atoms with Gasteiger partial charge in [0, 0.05) is 36.5 Å². The van der Waals surface area contributed by atoms with Crippen LogP contribution in [0.3, 0.4) is 0 Å². The predicted molar refractivity (Wildman–Crippen MR) is 114 cm³/mol. The van der Waals surface area contributed by atoms with Gasteiger partial charge >= 0.3 is 11.9 Å². The van der Waals surface area contributed by atoms with E-state index in [1.165, 1.54) is 0 Å². The lowest BCUT2D eigenvalue weighted by molar-refractivity contribution is -0.146. The van der Waals surface area contributed by atoms with Gasteiger partial charge in [0.2, 0.25) is 0 Å². The minimum absolute atomic E-state index is 0. The van der Waals surface area contributed by atoms with Crippen LogP contribution in [0.2, 0.25) is 0 Å². The van der Waals surface area contributed by atoms with Gasteiger partial charge in [-0.15, -0.1) is 0 Å². The monoisotopic (exact) mass is 410 g/mol. The minimum atomic E-state index is -0.0810. The van der Waals surface area contributed by atoms with E-state index in [0.717, 1.165) is 51.4 Å². The zero-order chi connectivity index (χ0) is 20.8. The van der Waals surface area contributed by atoms with Crippen LogP contribution in [0.15, 0.2) is 0 Å². The Hall–Kier alpha value is -1.39. The molecule has 5 heteroatoms. The first-order valence-electron chi connectivity index (χ1n) is 11.0. The lowest BCUT2D eigenvalue weighted by atomic mass is 9.80. The second kappa shape index (κ2) is 11.1. The van der Waals surface area contributed by atoms with Crippen molar-refractivity contribution in [2.24, 2.45) is 10.8 Å². The highest BCUT2D eigenvalue weighted by molar-refractivity contribution is 5.78. The summed E-state index contributed by atoms with van der Waals surface area (Å²) < 4.78 is 10.8. The molecule has 0 N–H and O–H groups in total. The number of Topliss-reactive ketones (excluding diaryl/α,β-unsaturated/α-hetero) is 1. The van der Waals surface area contributed by atoms with Crippen LogP contribution in [0.1, 0.15) is 112 Å². The first-order chi connectivity index (χ1) is 13.1. The fourth-order valence-corrected chi connectivity index (χ4v) is 4.40. The molecule has 29 heavy (non-hydrogen) atoms. The van der Waals surface area contributed by atoms with E-state index in [0.29, 0.717) is 31.5 Å². The summed E-state index contributed by atoms with van der Waals surface area (Å²) in [7, 11) is 0. The number of carbonyl (C=O) groups excluding carboxylic acids is 3. The van der Waals surface area contributed by atoms with Crippen LogP contribution in [-0.4, -0.2) is 29.9 Å². The number of unbranched alkanes of at least 4 members (excludes halogenated alkanes) is 2. The standard InChI is InChI=1S/C23H38O5.CH4/c1-22(2,18-11-13-20(25)27-18)15-7-5-9-17(24)10-6-8-16-23(3,4)19-12-14-21(26)28-19;/h18-19H,5-16H2,1-4H3;1H4. The molecule has 0 aromatic rings. The molecule has 0 spiro atoms. The Labute approximate surface area is 177 Å². The van der Waals surface area contributed by atoms with Gasteiger partial charge in [-0.1, -0.05) is 48.0 Å². The molecule has 0 aromatic carbocycles. The Morgan fingerprint density at radius 2 is 1.17 bits per heavy atom. The maximum absolute atomic E-state index is 12.2. The average Bonchev–Trinajstić information content (AvgIpc) is 3.25. The van der Waals surface area contributed by atoms with Gasteiger partial charge in [-0.25, -0.2) is 0 Å². The van der Waals surface area contributed by atoms with Crippen molar-refractivity contribution in [1.29, 1.82) is 0 Å². The van der Waals surface area contributed by atoms with Crippen LogP contribution in [0.4, 0.5) is 0 Å². The van der Waals surface area contributed by atoms with Crippen LogP contribution in [0.5, 0.6) is 0 Å². The van der Waals surface area contributed by atoms with E-state index in [4.69, 9.17) is 9.47 Å². The predicted octanol–water partition coefficient (Wildman–Crippen LogP) is 5.78. The van der Waals surface area contributed by atoms with Crippen molar-refractivity contribution in [3.63, 3.8) is 0 Å². The fourth-order valence-electron chi connectivity index (χ4n) is 4.40. The first-order valence-corrected chi connectivity index (χ1v) is 11.0. The Morgan fingerprint density at radius 1 is 0.793 bits per heavy atom. The SMILES string of the molecule is C.CC(C)(CCCCC(=O)CCCCC(C)(C)C1CCC(=O)O1)C1CCC(=O)O1. The number of hydrogen-bond acceptors (Lipinski definition) is 5. The molecule has 0 saturated carbocycles. The number of cyclic esters (lactones) is 2. The Morgan fingerprint density at radius 3 is 1.48 bits per heavy atom. The molecule has 0 aliphatic carbocycles. The lowest BCUT2D eigenvalue weighted by Gasteiger charge is -2.30. The number of esters is 2. The molecule has 2 aliphatic rings. The molecule has 2 rings (SSSR count). The summed E-state index contributed by atoms with van der Waals surface area (Å²) in [5.74, 6) is 0.181. The van der Waals surface area contributed by atoms with Crippen LogP contribution in [0.25, 0.3) is 0 Å². The Kier molecular flexibility index (Phi) is 9.84. The average molecular weight is 411 g/mol. The highest BCUT2D eigenvalue weighted by Gasteiger charge is 2.37. The van der Waals surface area contributed by atoms with E-state index >= 15 is 0 Å². The van der Waals surface area contributed by atoms with E-state index in [9.17, 15) is 14.4 Å². The summed E-state index contributed by atoms with van der Waals surface area (Å²) >= 11 is 0. The highest BCUT2D eigenvalue weighted by Crippen LogP contribution is 2.37. The molecule has 2 heterocycles. The van der Waals surface area contributed by atoms with Crippen molar-refractivity contribution in [3.05, 3.63) is 0 Å². The summed E-state index contributed by atoms with van der Waals surface area (Å²) in [5.41, 5.74) is -0.0189. The molecule has 2 saturated heterocycles. The maximum Gasteiger partial charge on any atom is 0.306 e. The van der Waals surface area contributed by atoms with Gasteiger partial charge in [0.1, 0.15) is 18.0 Å². The molecule has 2 unspecified atom stereocenters. The Bertz CT molecular complexity index is 516. The molecule has 2 atom stereocenters. The molecular weight excluding hydrogens is 368 g/mol. The van der Waals surface area contributed by atoms with E-state index in [1.807, 2.05) is 0 Å². The van der Waals surface area contributed by atoms with Gasteiger partial charge in [-0.05, 0) is 38.5 Å². The van der Waals surface area contributed by atoms with Gasteiger partial charge in [0.15, 0.2) is 0 Å². The molecule has 168 valence electrons. The summed E-state index contributed by atoms with van der Waals surface area (Å²) in [6, 6.07) is 0. The third-order valence-corrected chi connectivity index (χ3v) is 6.57. The summed E-state index contributed by atoms with van der Waals surface area (Å²) in [5, 5.41) is 0. The first kappa shape index (κ1) is 25.6. The van der Waals surface area contributed by atoms with Crippen molar-refractivity contribution in [2.75, 3.05) is 0 Å². The minimum Gasteiger partial charge on any atom is -0.462 e. The zero-order valence-corrected chi connectivity index (χ0v) is 18.2. The van der Waals surface area contributed by atoms with Gasteiger partial charge in [-0.2, -0.15) is 0 Å². The molecule has 0 radical (unpaired) electrons. The topological polar surface area (TPSA) is 69.7 Å². The molecule has 0 bridgehead atoms. The van der Waals surface area contributed by atoms with Crippen LogP contribution in [0, 0.1) is 10.8 Å². The van der Waals surface area contributed by atoms with Crippen molar-refractivity contribution in [3.8, 4) is 0 Å². The smallest absolute Gasteiger partial charge is 0.306 e. The van der Waals surface area contributed by atoms with E-state index in [2.05, 4.69) is 27.7 Å². The van der Waals surface area contributed by atoms with Crippen LogP contribution >= 0.6 is 0 Å². The number of ether oxygens (including phenoxy) is 2. The zero-order valence-electron chi connectivity index (χ0n) is 18.2. The van der Waals surface area contributed by atoms with Crippen molar-refractivity contribution in [1.82, 2.24) is 0 Å². The van der Waals surface area contributed by atoms with Gasteiger partial charge in [-0.3, -0.25) is 14.4 Å². The van der Waals surface area contributed by atoms with Gasteiger partial charge in [0.25, 0.3) is 0 Å². The second-order valence-electron chi connectivity index (χ2n) is 9.96. The summed E-state index contributed by atoms with van der Waals surface area (Å²) in [6.45, 7) is 8.62. The number of ketones is 1. The second-order valence-corrected chi connectivity index (χ2v) is 9.96. The van der Waals surface area contributed by atoms with E-state index in [1.54, 1.807) is 0 Å². The molecular formula is C24H42O5. The number of rotatable bonds is 12. The molecule has 2 fully saturated rings.